The summed E-state index contributed by atoms with van der Waals surface area (Å²) in [5.74, 6) is 0. The van der Waals surface area contributed by atoms with Crippen LogP contribution in [-0.2, 0) is 6.54 Å². The molecule has 94 valence electrons. The molecule has 0 aliphatic heterocycles. The molecule has 0 spiro atoms. The van der Waals surface area contributed by atoms with Gasteiger partial charge in [0.2, 0.25) is 0 Å². The molecule has 0 unspecified atom stereocenters. The van der Waals surface area contributed by atoms with Gasteiger partial charge in [-0.15, -0.1) is 0 Å². The Morgan fingerprint density at radius 2 is 2.17 bits per heavy atom. The number of benzene rings is 1. The first-order valence-corrected chi connectivity index (χ1v) is 7.39. The highest BCUT2D eigenvalue weighted by molar-refractivity contribution is 7.07. The largest absolute Gasteiger partial charge is 0.399 e. The molecule has 3 rings (SSSR count). The van der Waals surface area contributed by atoms with E-state index >= 15 is 0 Å². The Morgan fingerprint density at radius 1 is 1.33 bits per heavy atom. The van der Waals surface area contributed by atoms with Crippen LogP contribution in [0.5, 0.6) is 0 Å². The average molecular weight is 279 g/mol. The summed E-state index contributed by atoms with van der Waals surface area (Å²) >= 11 is 8.05. The maximum atomic E-state index is 6.32. The third-order valence-corrected chi connectivity index (χ3v) is 4.24. The maximum absolute atomic E-state index is 6.32. The number of hydrogen-bond donors (Lipinski definition) is 1. The Hall–Kier alpha value is -1.19. The second-order valence-electron chi connectivity index (χ2n) is 4.70. The first-order valence-electron chi connectivity index (χ1n) is 6.07. The first-order chi connectivity index (χ1) is 8.74. The van der Waals surface area contributed by atoms with Gasteiger partial charge in [0, 0.05) is 18.3 Å². The fraction of sp³-hybridized carbons (Fsp3) is 0.286. The van der Waals surface area contributed by atoms with Gasteiger partial charge in [-0.25, -0.2) is 0 Å². The maximum Gasteiger partial charge on any atom is 0.0660 e. The summed E-state index contributed by atoms with van der Waals surface area (Å²) in [6.45, 7) is 0.928. The summed E-state index contributed by atoms with van der Waals surface area (Å²) in [7, 11) is 0. The number of halogens is 1. The molecule has 2 nitrogen and oxygen atoms in total. The van der Waals surface area contributed by atoms with Crippen LogP contribution in [0.2, 0.25) is 5.02 Å². The quantitative estimate of drug-likeness (QED) is 0.851. The molecule has 0 saturated heterocycles. The molecule has 1 saturated carbocycles. The summed E-state index contributed by atoms with van der Waals surface area (Å²) in [6.07, 6.45) is 2.51. The van der Waals surface area contributed by atoms with Crippen LogP contribution in [0.4, 0.5) is 11.4 Å². The highest BCUT2D eigenvalue weighted by Gasteiger charge is 2.30. The molecule has 2 N–H and O–H groups in total. The molecule has 1 heterocycles. The molecular weight excluding hydrogens is 264 g/mol. The van der Waals surface area contributed by atoms with E-state index in [0.29, 0.717) is 6.04 Å². The van der Waals surface area contributed by atoms with Crippen LogP contribution < -0.4 is 10.6 Å². The van der Waals surface area contributed by atoms with Crippen molar-refractivity contribution in [3.8, 4) is 0 Å². The molecule has 4 heteroatoms. The monoisotopic (exact) mass is 278 g/mol. The number of anilines is 2. The van der Waals surface area contributed by atoms with E-state index in [1.807, 2.05) is 18.2 Å². The highest BCUT2D eigenvalue weighted by atomic mass is 35.5. The van der Waals surface area contributed by atoms with Gasteiger partial charge in [-0.3, -0.25) is 0 Å². The number of nitrogen functional groups attached to an aromatic ring is 1. The van der Waals surface area contributed by atoms with E-state index in [9.17, 15) is 0 Å². The Bertz CT molecular complexity index is 535. The van der Waals surface area contributed by atoms with Crippen LogP contribution in [0.25, 0.3) is 0 Å². The molecule has 18 heavy (non-hydrogen) atoms. The smallest absolute Gasteiger partial charge is 0.0660 e. The van der Waals surface area contributed by atoms with Gasteiger partial charge in [-0.2, -0.15) is 11.3 Å². The van der Waals surface area contributed by atoms with Crippen LogP contribution in [0.1, 0.15) is 18.4 Å². The Labute approximate surface area is 116 Å². The second kappa shape index (κ2) is 4.82. The van der Waals surface area contributed by atoms with Crippen molar-refractivity contribution in [2.75, 3.05) is 10.6 Å². The lowest BCUT2D eigenvalue weighted by molar-refractivity contribution is 0.797. The van der Waals surface area contributed by atoms with E-state index < -0.39 is 0 Å². The van der Waals surface area contributed by atoms with Crippen LogP contribution in [0.3, 0.4) is 0 Å². The first kappa shape index (κ1) is 11.9. The van der Waals surface area contributed by atoms with Gasteiger partial charge in [0.15, 0.2) is 0 Å². The topological polar surface area (TPSA) is 29.3 Å². The number of rotatable bonds is 4. The van der Waals surface area contributed by atoms with Crippen molar-refractivity contribution >= 4 is 34.3 Å². The van der Waals surface area contributed by atoms with Crippen LogP contribution in [-0.4, -0.2) is 6.04 Å². The van der Waals surface area contributed by atoms with Gasteiger partial charge >= 0.3 is 0 Å². The number of nitrogens with two attached hydrogens (primary N) is 1. The van der Waals surface area contributed by atoms with Gasteiger partial charge in [-0.05, 0) is 53.4 Å². The lowest BCUT2D eigenvalue weighted by Gasteiger charge is -2.25. The Morgan fingerprint density at radius 3 is 2.78 bits per heavy atom. The molecule has 1 aromatic carbocycles. The summed E-state index contributed by atoms with van der Waals surface area (Å²) in [5.41, 5.74) is 8.92. The number of nitrogens with zero attached hydrogens (tertiary/aromatic N) is 1. The lowest BCUT2D eigenvalue weighted by atomic mass is 10.2. The molecule has 1 aromatic heterocycles. The zero-order valence-electron chi connectivity index (χ0n) is 9.97. The molecule has 0 bridgehead atoms. The minimum Gasteiger partial charge on any atom is -0.399 e. The van der Waals surface area contributed by atoms with Crippen molar-refractivity contribution in [3.05, 3.63) is 45.6 Å². The zero-order chi connectivity index (χ0) is 12.5. The fourth-order valence-corrected chi connectivity index (χ4v) is 3.09. The molecular formula is C14H15ClN2S. The fourth-order valence-electron chi connectivity index (χ4n) is 2.13. The van der Waals surface area contributed by atoms with Gasteiger partial charge < -0.3 is 10.6 Å². The zero-order valence-corrected chi connectivity index (χ0v) is 11.5. The molecule has 2 aromatic rings. The molecule has 1 fully saturated rings. The normalized spacial score (nSPS) is 14.7. The van der Waals surface area contributed by atoms with Crippen LogP contribution >= 0.6 is 22.9 Å². The summed E-state index contributed by atoms with van der Waals surface area (Å²) in [4.78, 5) is 2.39. The van der Waals surface area contributed by atoms with E-state index in [2.05, 4.69) is 21.7 Å². The van der Waals surface area contributed by atoms with Crippen molar-refractivity contribution in [2.45, 2.75) is 25.4 Å². The van der Waals surface area contributed by atoms with E-state index in [1.165, 1.54) is 18.4 Å². The van der Waals surface area contributed by atoms with Crippen molar-refractivity contribution < 1.29 is 0 Å². The van der Waals surface area contributed by atoms with Gasteiger partial charge in [-0.1, -0.05) is 11.6 Å². The molecule has 0 amide bonds. The number of thiophene rings is 1. The molecule has 0 radical (unpaired) electrons. The standard InChI is InChI=1S/C14H15ClN2S/c15-13-7-11(16)1-4-14(13)17(12-2-3-12)8-10-5-6-18-9-10/h1,4-7,9,12H,2-3,8,16H2. The Balaban J connectivity index is 1.89. The molecule has 1 aliphatic rings. The van der Waals surface area contributed by atoms with Crippen LogP contribution in [0, 0.1) is 0 Å². The number of hydrogen-bond acceptors (Lipinski definition) is 3. The van der Waals surface area contributed by atoms with Crippen LogP contribution in [0.15, 0.2) is 35.0 Å². The van der Waals surface area contributed by atoms with Gasteiger partial charge in [0.05, 0.1) is 10.7 Å². The van der Waals surface area contributed by atoms with Crippen molar-refractivity contribution in [1.82, 2.24) is 0 Å². The van der Waals surface area contributed by atoms with E-state index in [0.717, 1.165) is 22.9 Å². The van der Waals surface area contributed by atoms with E-state index in [4.69, 9.17) is 17.3 Å². The highest BCUT2D eigenvalue weighted by Crippen LogP contribution is 2.37. The predicted octanol–water partition coefficient (Wildman–Crippen LogP) is 4.15. The van der Waals surface area contributed by atoms with Crippen molar-refractivity contribution in [2.24, 2.45) is 0 Å². The second-order valence-corrected chi connectivity index (χ2v) is 5.89. The minimum absolute atomic E-state index is 0.631. The third-order valence-electron chi connectivity index (χ3n) is 3.20. The summed E-state index contributed by atoms with van der Waals surface area (Å²) < 4.78 is 0. The minimum atomic E-state index is 0.631. The van der Waals surface area contributed by atoms with E-state index in [1.54, 1.807) is 11.3 Å². The SMILES string of the molecule is Nc1ccc(N(Cc2ccsc2)C2CC2)c(Cl)c1. The van der Waals surface area contributed by atoms with Crippen molar-refractivity contribution in [1.29, 1.82) is 0 Å². The third kappa shape index (κ3) is 2.47. The van der Waals surface area contributed by atoms with Crippen molar-refractivity contribution in [3.63, 3.8) is 0 Å². The Kier molecular flexibility index (Phi) is 3.18. The average Bonchev–Trinajstić information content (AvgIpc) is 3.05. The summed E-state index contributed by atoms with van der Waals surface area (Å²) in [5, 5.41) is 5.06. The van der Waals surface area contributed by atoms with Gasteiger partial charge in [0.1, 0.15) is 0 Å². The van der Waals surface area contributed by atoms with E-state index in [-0.39, 0.29) is 0 Å². The predicted molar refractivity (Wildman–Crippen MR) is 79.4 cm³/mol. The summed E-state index contributed by atoms with van der Waals surface area (Å²) in [6, 6.07) is 8.59. The molecule has 0 atom stereocenters. The molecule has 1 aliphatic carbocycles. The van der Waals surface area contributed by atoms with Gasteiger partial charge in [0.25, 0.3) is 0 Å². The lowest BCUT2D eigenvalue weighted by Crippen LogP contribution is -2.25.